The fraction of sp³-hybridized carbons (Fsp3) is 0.435. The van der Waals surface area contributed by atoms with Crippen LogP contribution in [0, 0.1) is 5.92 Å². The van der Waals surface area contributed by atoms with Gasteiger partial charge in [-0.05, 0) is 55.5 Å². The molecule has 26 heavy (non-hydrogen) atoms. The second kappa shape index (κ2) is 7.24. The first-order chi connectivity index (χ1) is 12.6. The van der Waals surface area contributed by atoms with Crippen molar-refractivity contribution < 1.29 is 4.79 Å². The lowest BCUT2D eigenvalue weighted by Gasteiger charge is -2.38. The van der Waals surface area contributed by atoms with Crippen molar-refractivity contribution in [3.63, 3.8) is 0 Å². The maximum absolute atomic E-state index is 13.0. The van der Waals surface area contributed by atoms with Crippen LogP contribution in [-0.4, -0.2) is 36.9 Å². The lowest BCUT2D eigenvalue weighted by Crippen LogP contribution is -2.44. The Morgan fingerprint density at radius 1 is 0.962 bits per heavy atom. The molecule has 0 spiro atoms. The number of hydrogen-bond acceptors (Lipinski definition) is 3. The molecule has 2 heterocycles. The van der Waals surface area contributed by atoms with Gasteiger partial charge >= 0.3 is 0 Å². The van der Waals surface area contributed by atoms with Crippen LogP contribution in [0.2, 0.25) is 0 Å². The third kappa shape index (κ3) is 3.41. The molecule has 0 radical (unpaired) electrons. The lowest BCUT2D eigenvalue weighted by molar-refractivity contribution is 0.0678. The summed E-state index contributed by atoms with van der Waals surface area (Å²) in [5.74, 6) is 0.524. The summed E-state index contributed by atoms with van der Waals surface area (Å²) in [6, 6.07) is 19.9. The van der Waals surface area contributed by atoms with Gasteiger partial charge in [0.1, 0.15) is 0 Å². The Balaban J connectivity index is 1.44. The molecule has 0 amide bonds. The van der Waals surface area contributed by atoms with E-state index in [1.54, 1.807) is 0 Å². The smallest absolute Gasteiger partial charge is 0.166 e. The molecule has 2 aromatic carbocycles. The Bertz CT molecular complexity index is 740. The number of benzene rings is 2. The van der Waals surface area contributed by atoms with Gasteiger partial charge in [0.25, 0.3) is 0 Å². The summed E-state index contributed by atoms with van der Waals surface area (Å²) in [4.78, 5) is 17.7. The zero-order valence-electron chi connectivity index (χ0n) is 15.8. The van der Waals surface area contributed by atoms with Crippen LogP contribution in [0.15, 0.2) is 54.6 Å². The van der Waals surface area contributed by atoms with Crippen LogP contribution in [-0.2, 0) is 6.54 Å². The molecule has 0 aromatic heterocycles. The first-order valence-corrected chi connectivity index (χ1v) is 9.73. The van der Waals surface area contributed by atoms with E-state index >= 15 is 0 Å². The van der Waals surface area contributed by atoms with Gasteiger partial charge in [-0.1, -0.05) is 30.3 Å². The zero-order chi connectivity index (χ0) is 18.1. The molecule has 2 saturated heterocycles. The number of Topliss-reactive ketones (excluding diaryl/α,β-unsaturated/α-hetero) is 1. The number of nitrogens with zero attached hydrogens (tertiary/aromatic N) is 2. The van der Waals surface area contributed by atoms with Gasteiger partial charge in [-0.15, -0.1) is 0 Å². The van der Waals surface area contributed by atoms with Crippen molar-refractivity contribution in [2.45, 2.75) is 44.3 Å². The summed E-state index contributed by atoms with van der Waals surface area (Å²) < 4.78 is 0. The molecule has 0 aliphatic carbocycles. The Hall–Kier alpha value is -2.13. The number of carbonyl (C=O) groups excluding carboxylic acids is 1. The lowest BCUT2D eigenvalue weighted by atomic mass is 9.84. The van der Waals surface area contributed by atoms with Crippen LogP contribution >= 0.6 is 0 Å². The minimum Gasteiger partial charge on any atom is -0.378 e. The van der Waals surface area contributed by atoms with E-state index in [1.165, 1.54) is 18.4 Å². The molecule has 2 bridgehead atoms. The van der Waals surface area contributed by atoms with Crippen LogP contribution in [0.25, 0.3) is 0 Å². The van der Waals surface area contributed by atoms with E-state index in [0.29, 0.717) is 17.9 Å². The van der Waals surface area contributed by atoms with Crippen LogP contribution in [0.5, 0.6) is 0 Å². The van der Waals surface area contributed by atoms with Gasteiger partial charge in [0.05, 0.1) is 0 Å². The molecule has 2 aromatic rings. The Morgan fingerprint density at radius 2 is 1.58 bits per heavy atom. The van der Waals surface area contributed by atoms with Crippen LogP contribution in [0.1, 0.15) is 41.6 Å². The summed E-state index contributed by atoms with van der Waals surface area (Å²) in [6.45, 7) is 1.02. The topological polar surface area (TPSA) is 23.6 Å². The third-order valence-electron chi connectivity index (χ3n) is 6.13. The number of rotatable bonds is 5. The largest absolute Gasteiger partial charge is 0.378 e. The predicted molar refractivity (Wildman–Crippen MR) is 107 cm³/mol. The fourth-order valence-corrected chi connectivity index (χ4v) is 4.70. The van der Waals surface area contributed by atoms with Gasteiger partial charge in [0.2, 0.25) is 0 Å². The second-order valence-electron chi connectivity index (χ2n) is 8.02. The Labute approximate surface area is 156 Å². The number of fused-ring (bicyclic) bond motifs is 2. The van der Waals surface area contributed by atoms with E-state index in [1.807, 2.05) is 38.4 Å². The molecule has 2 aliphatic heterocycles. The maximum atomic E-state index is 13.0. The molecule has 0 saturated carbocycles. The SMILES string of the molecule is CN(C)c1ccc(C(=O)C2CC3CCC(C2)N3Cc2ccccc2)cc1. The fourth-order valence-electron chi connectivity index (χ4n) is 4.70. The minimum atomic E-state index is 0.185. The van der Waals surface area contributed by atoms with Crippen LogP contribution in [0.3, 0.4) is 0 Å². The monoisotopic (exact) mass is 348 g/mol. The van der Waals surface area contributed by atoms with Gasteiger partial charge < -0.3 is 4.90 Å². The molecular formula is C23H28N2O. The average Bonchev–Trinajstić information content (AvgIpc) is 2.90. The molecule has 136 valence electrons. The molecular weight excluding hydrogens is 320 g/mol. The van der Waals surface area contributed by atoms with Gasteiger partial charge in [-0.2, -0.15) is 0 Å². The van der Waals surface area contributed by atoms with Crippen molar-refractivity contribution in [2.75, 3.05) is 19.0 Å². The summed E-state index contributed by atoms with van der Waals surface area (Å²) in [7, 11) is 4.05. The van der Waals surface area contributed by atoms with Crippen molar-refractivity contribution in [3.05, 3.63) is 65.7 Å². The van der Waals surface area contributed by atoms with E-state index in [9.17, 15) is 4.79 Å². The van der Waals surface area contributed by atoms with E-state index in [0.717, 1.165) is 30.6 Å². The highest BCUT2D eigenvalue weighted by molar-refractivity contribution is 5.98. The van der Waals surface area contributed by atoms with Crippen molar-refractivity contribution in [3.8, 4) is 0 Å². The maximum Gasteiger partial charge on any atom is 0.166 e. The number of ketones is 1. The summed E-state index contributed by atoms with van der Waals surface area (Å²) >= 11 is 0. The molecule has 2 aliphatic rings. The van der Waals surface area contributed by atoms with Gasteiger partial charge in [-0.25, -0.2) is 0 Å². The number of anilines is 1. The predicted octanol–water partition coefficient (Wildman–Crippen LogP) is 4.38. The van der Waals surface area contributed by atoms with Crippen LogP contribution < -0.4 is 4.90 Å². The number of piperidine rings is 1. The van der Waals surface area contributed by atoms with Crippen LogP contribution in [0.4, 0.5) is 5.69 Å². The average molecular weight is 348 g/mol. The van der Waals surface area contributed by atoms with Crippen molar-refractivity contribution in [1.29, 1.82) is 0 Å². The first-order valence-electron chi connectivity index (χ1n) is 9.73. The molecule has 3 nitrogen and oxygen atoms in total. The number of carbonyl (C=O) groups is 1. The minimum absolute atomic E-state index is 0.185. The van der Waals surface area contributed by atoms with Crippen molar-refractivity contribution >= 4 is 11.5 Å². The molecule has 4 rings (SSSR count). The van der Waals surface area contributed by atoms with E-state index < -0.39 is 0 Å². The zero-order valence-corrected chi connectivity index (χ0v) is 15.8. The summed E-state index contributed by atoms with van der Waals surface area (Å²) in [5.41, 5.74) is 3.39. The molecule has 2 atom stereocenters. The Morgan fingerprint density at radius 3 is 2.15 bits per heavy atom. The summed E-state index contributed by atoms with van der Waals surface area (Å²) in [5, 5.41) is 0. The van der Waals surface area contributed by atoms with Gasteiger partial charge in [0, 0.05) is 49.9 Å². The van der Waals surface area contributed by atoms with E-state index in [-0.39, 0.29) is 5.92 Å². The molecule has 0 N–H and O–H groups in total. The number of hydrogen-bond donors (Lipinski definition) is 0. The Kier molecular flexibility index (Phi) is 4.82. The van der Waals surface area contributed by atoms with E-state index in [4.69, 9.17) is 0 Å². The molecule has 2 unspecified atom stereocenters. The molecule has 2 fully saturated rings. The highest BCUT2D eigenvalue weighted by atomic mass is 16.1. The van der Waals surface area contributed by atoms with Gasteiger partial charge in [-0.3, -0.25) is 9.69 Å². The van der Waals surface area contributed by atoms with Gasteiger partial charge in [0.15, 0.2) is 5.78 Å². The standard InChI is InChI=1S/C23H28N2O/c1-24(2)20-10-8-18(9-11-20)23(26)19-14-21-12-13-22(15-19)25(21)16-17-6-4-3-5-7-17/h3-11,19,21-22H,12-16H2,1-2H3. The highest BCUT2D eigenvalue weighted by Gasteiger charge is 2.42. The highest BCUT2D eigenvalue weighted by Crippen LogP contribution is 2.40. The third-order valence-corrected chi connectivity index (χ3v) is 6.13. The summed E-state index contributed by atoms with van der Waals surface area (Å²) in [6.07, 6.45) is 4.50. The normalized spacial score (nSPS) is 25.2. The van der Waals surface area contributed by atoms with Crippen molar-refractivity contribution in [2.24, 2.45) is 5.92 Å². The second-order valence-corrected chi connectivity index (χ2v) is 8.02. The first kappa shape index (κ1) is 17.3. The van der Waals surface area contributed by atoms with Crippen molar-refractivity contribution in [1.82, 2.24) is 4.90 Å². The van der Waals surface area contributed by atoms with E-state index in [2.05, 4.69) is 40.1 Å². The quantitative estimate of drug-likeness (QED) is 0.749. The molecule has 3 heteroatoms.